The molecule has 0 amide bonds. The predicted molar refractivity (Wildman–Crippen MR) is 103 cm³/mol. The summed E-state index contributed by atoms with van der Waals surface area (Å²) in [6.07, 6.45) is 3.10. The van der Waals surface area contributed by atoms with E-state index in [1.807, 2.05) is 6.92 Å². The van der Waals surface area contributed by atoms with E-state index in [1.165, 1.54) is 0 Å². The molecule has 3 saturated heterocycles. The van der Waals surface area contributed by atoms with Gasteiger partial charge in [-0.25, -0.2) is 14.4 Å². The number of hydrogen-bond acceptors (Lipinski definition) is 9. The van der Waals surface area contributed by atoms with Crippen molar-refractivity contribution in [3.63, 3.8) is 0 Å². The normalized spacial score (nSPS) is 28.1. The van der Waals surface area contributed by atoms with Gasteiger partial charge in [0.05, 0.1) is 5.41 Å². The van der Waals surface area contributed by atoms with Gasteiger partial charge in [-0.3, -0.25) is 0 Å². The van der Waals surface area contributed by atoms with Crippen molar-refractivity contribution in [3.05, 3.63) is 0 Å². The van der Waals surface area contributed by atoms with Crippen molar-refractivity contribution in [1.82, 2.24) is 0 Å². The van der Waals surface area contributed by atoms with Crippen molar-refractivity contribution in [2.75, 3.05) is 39.6 Å². The lowest BCUT2D eigenvalue weighted by Gasteiger charge is -2.32. The molecule has 0 aromatic rings. The molecule has 3 aliphatic rings. The van der Waals surface area contributed by atoms with E-state index in [2.05, 4.69) is 0 Å². The van der Waals surface area contributed by atoms with E-state index >= 15 is 0 Å². The highest BCUT2D eigenvalue weighted by molar-refractivity contribution is 5.76. The van der Waals surface area contributed by atoms with Crippen LogP contribution in [0.3, 0.4) is 0 Å². The zero-order chi connectivity index (χ0) is 21.4. The summed E-state index contributed by atoms with van der Waals surface area (Å²) in [6, 6.07) is 0. The van der Waals surface area contributed by atoms with Crippen LogP contribution in [0, 0.1) is 5.41 Å². The molecule has 0 bridgehead atoms. The van der Waals surface area contributed by atoms with Gasteiger partial charge in [0.1, 0.15) is 19.8 Å². The van der Waals surface area contributed by atoms with Gasteiger partial charge in [0.15, 0.2) is 18.3 Å². The van der Waals surface area contributed by atoms with E-state index in [0.29, 0.717) is 45.5 Å². The summed E-state index contributed by atoms with van der Waals surface area (Å²) in [6.45, 7) is 3.36. The summed E-state index contributed by atoms with van der Waals surface area (Å²) in [5, 5.41) is 0. The summed E-state index contributed by atoms with van der Waals surface area (Å²) >= 11 is 0. The van der Waals surface area contributed by atoms with Crippen molar-refractivity contribution in [2.45, 2.75) is 70.2 Å². The minimum absolute atomic E-state index is 0.0419. The lowest BCUT2D eigenvalue weighted by atomic mass is 9.88. The van der Waals surface area contributed by atoms with Crippen LogP contribution in [-0.4, -0.2) is 75.9 Å². The maximum absolute atomic E-state index is 12.3. The molecule has 3 heterocycles. The Bertz CT molecular complexity index is 508. The molecule has 0 N–H and O–H groups in total. The Hall–Kier alpha value is -1.71. The number of carbonyl (C=O) groups is 3. The van der Waals surface area contributed by atoms with Crippen molar-refractivity contribution in [1.29, 1.82) is 0 Å². The van der Waals surface area contributed by atoms with Crippen LogP contribution in [0.4, 0.5) is 0 Å². The largest absolute Gasteiger partial charge is 0.463 e. The average Bonchev–Trinajstić information content (AvgIpc) is 3.54. The van der Waals surface area contributed by atoms with Crippen LogP contribution in [0.25, 0.3) is 0 Å². The summed E-state index contributed by atoms with van der Waals surface area (Å²) in [4.78, 5) is 36.9. The Kier molecular flexibility index (Phi) is 8.47. The van der Waals surface area contributed by atoms with E-state index in [0.717, 1.165) is 19.3 Å². The first kappa shape index (κ1) is 23.0. The van der Waals surface area contributed by atoms with Crippen molar-refractivity contribution in [2.24, 2.45) is 5.41 Å². The van der Waals surface area contributed by atoms with Crippen molar-refractivity contribution < 1.29 is 42.8 Å². The zero-order valence-corrected chi connectivity index (χ0v) is 17.6. The minimum atomic E-state index is -0.850. The molecule has 170 valence electrons. The Morgan fingerprint density at radius 2 is 1.03 bits per heavy atom. The third-order valence-corrected chi connectivity index (χ3v) is 5.89. The van der Waals surface area contributed by atoms with Crippen LogP contribution in [-0.2, 0) is 42.8 Å². The van der Waals surface area contributed by atoms with Gasteiger partial charge in [-0.15, -0.1) is 0 Å². The molecule has 3 atom stereocenters. The van der Waals surface area contributed by atoms with Crippen LogP contribution in [0.2, 0.25) is 0 Å². The minimum Gasteiger partial charge on any atom is -0.463 e. The molecule has 3 unspecified atom stereocenters. The fourth-order valence-electron chi connectivity index (χ4n) is 3.67. The molecule has 0 aromatic carbocycles. The third kappa shape index (κ3) is 6.15. The second-order valence-electron chi connectivity index (χ2n) is 8.18. The smallest absolute Gasteiger partial charge is 0.335 e. The molecule has 3 aliphatic heterocycles. The van der Waals surface area contributed by atoms with Gasteiger partial charge >= 0.3 is 17.9 Å². The molecule has 0 saturated carbocycles. The molecular formula is C21H32O9. The molecule has 0 aliphatic carbocycles. The first-order chi connectivity index (χ1) is 14.5. The van der Waals surface area contributed by atoms with Gasteiger partial charge in [0.25, 0.3) is 0 Å². The van der Waals surface area contributed by atoms with E-state index in [9.17, 15) is 14.4 Å². The van der Waals surface area contributed by atoms with E-state index in [-0.39, 0.29) is 19.8 Å². The molecular weight excluding hydrogens is 396 g/mol. The fraction of sp³-hybridized carbons (Fsp3) is 0.857. The molecule has 9 nitrogen and oxygen atoms in total. The molecule has 3 fully saturated rings. The highest BCUT2D eigenvalue weighted by Gasteiger charge is 2.38. The summed E-state index contributed by atoms with van der Waals surface area (Å²) in [7, 11) is 0. The highest BCUT2D eigenvalue weighted by Crippen LogP contribution is 2.27. The topological polar surface area (TPSA) is 107 Å². The van der Waals surface area contributed by atoms with E-state index in [1.54, 1.807) is 0 Å². The lowest BCUT2D eigenvalue weighted by molar-refractivity contribution is -0.173. The lowest BCUT2D eigenvalue weighted by Crippen LogP contribution is -2.42. The van der Waals surface area contributed by atoms with Gasteiger partial charge in [-0.1, -0.05) is 6.92 Å². The highest BCUT2D eigenvalue weighted by atomic mass is 16.6. The van der Waals surface area contributed by atoms with Crippen LogP contribution in [0.15, 0.2) is 0 Å². The Morgan fingerprint density at radius 3 is 1.27 bits per heavy atom. The van der Waals surface area contributed by atoms with Crippen LogP contribution < -0.4 is 0 Å². The van der Waals surface area contributed by atoms with Crippen molar-refractivity contribution in [3.8, 4) is 0 Å². The zero-order valence-electron chi connectivity index (χ0n) is 17.6. The fourth-order valence-corrected chi connectivity index (χ4v) is 3.67. The molecule has 9 heteroatoms. The van der Waals surface area contributed by atoms with Gasteiger partial charge < -0.3 is 28.4 Å². The number of rotatable bonds is 10. The Labute approximate surface area is 176 Å². The molecule has 0 radical (unpaired) electrons. The number of carbonyl (C=O) groups excluding carboxylic acids is 3. The monoisotopic (exact) mass is 428 g/mol. The molecule has 30 heavy (non-hydrogen) atoms. The Balaban J connectivity index is 1.58. The summed E-state index contributed by atoms with van der Waals surface area (Å²) in [5.74, 6) is -1.33. The van der Waals surface area contributed by atoms with Crippen LogP contribution in [0.5, 0.6) is 0 Å². The van der Waals surface area contributed by atoms with Gasteiger partial charge in [-0.05, 0) is 44.9 Å². The molecule has 0 spiro atoms. The maximum Gasteiger partial charge on any atom is 0.335 e. The van der Waals surface area contributed by atoms with Gasteiger partial charge in [-0.2, -0.15) is 0 Å². The van der Waals surface area contributed by atoms with E-state index in [4.69, 9.17) is 28.4 Å². The second-order valence-corrected chi connectivity index (χ2v) is 8.18. The predicted octanol–water partition coefficient (Wildman–Crippen LogP) is 1.55. The average molecular weight is 428 g/mol. The first-order valence-electron chi connectivity index (χ1n) is 10.9. The molecule has 0 aromatic heterocycles. The van der Waals surface area contributed by atoms with Crippen LogP contribution in [0.1, 0.15) is 51.9 Å². The number of hydrogen-bond donors (Lipinski definition) is 0. The third-order valence-electron chi connectivity index (χ3n) is 5.89. The summed E-state index contributed by atoms with van der Waals surface area (Å²) in [5.41, 5.74) is -0.850. The van der Waals surface area contributed by atoms with Gasteiger partial charge in [0, 0.05) is 19.8 Å². The molecule has 3 rings (SSSR count). The number of ether oxygens (including phenoxy) is 6. The van der Waals surface area contributed by atoms with Crippen LogP contribution >= 0.6 is 0 Å². The van der Waals surface area contributed by atoms with Crippen molar-refractivity contribution >= 4 is 17.9 Å². The first-order valence-corrected chi connectivity index (χ1v) is 10.9. The SMILES string of the molecule is CCC(COC(=O)C1CCCO1)(COC(=O)C1CCCO1)COC(=O)C1CCCO1. The summed E-state index contributed by atoms with van der Waals surface area (Å²) < 4.78 is 32.6. The van der Waals surface area contributed by atoms with Gasteiger partial charge in [0.2, 0.25) is 0 Å². The Morgan fingerprint density at radius 1 is 0.700 bits per heavy atom. The number of esters is 3. The second kappa shape index (κ2) is 11.1. The standard InChI is InChI=1S/C21H32O9/c1-2-21(12-28-18(22)15-6-3-9-25-15,13-29-19(23)16-7-4-10-26-16)14-30-20(24)17-8-5-11-27-17/h15-17H,2-14H2,1H3. The maximum atomic E-state index is 12.3. The van der Waals surface area contributed by atoms with E-state index < -0.39 is 41.6 Å². The quantitative estimate of drug-likeness (QED) is 0.378.